The van der Waals surface area contributed by atoms with Gasteiger partial charge < -0.3 is 14.4 Å². The molecular weight excluding hydrogens is 444 g/mol. The van der Waals surface area contributed by atoms with Gasteiger partial charge in [-0.15, -0.1) is 0 Å². The molecule has 35 heavy (non-hydrogen) atoms. The maximum absolute atomic E-state index is 13.1. The summed E-state index contributed by atoms with van der Waals surface area (Å²) < 4.78 is 11.3. The number of esters is 1. The highest BCUT2D eigenvalue weighted by Crippen LogP contribution is 2.18. The van der Waals surface area contributed by atoms with Gasteiger partial charge in [0.05, 0.1) is 17.9 Å². The first kappa shape index (κ1) is 29.0. The van der Waals surface area contributed by atoms with Crippen molar-refractivity contribution in [2.24, 2.45) is 5.41 Å². The third-order valence-electron chi connectivity index (χ3n) is 5.13. The first-order valence-corrected chi connectivity index (χ1v) is 12.6. The molecule has 0 aliphatic carbocycles. The Bertz CT molecular complexity index is 852. The number of rotatable bonds is 3. The van der Waals surface area contributed by atoms with E-state index in [1.54, 1.807) is 4.90 Å². The number of hydrogen-bond acceptors (Lipinski definition) is 7. The molecular formula is C27H46N4O4. The van der Waals surface area contributed by atoms with Crippen molar-refractivity contribution >= 4 is 12.1 Å². The Hall–Kier alpha value is -2.19. The van der Waals surface area contributed by atoms with Gasteiger partial charge in [-0.05, 0) is 59.1 Å². The van der Waals surface area contributed by atoms with Gasteiger partial charge in [0.2, 0.25) is 0 Å². The zero-order valence-electron chi connectivity index (χ0n) is 23.3. The minimum absolute atomic E-state index is 0.107. The number of pyridine rings is 1. The van der Waals surface area contributed by atoms with Gasteiger partial charge in [0.25, 0.3) is 0 Å². The number of carbonyl (C=O) groups excluding carboxylic acids is 2. The van der Waals surface area contributed by atoms with Crippen LogP contribution in [0, 0.1) is 5.41 Å². The fourth-order valence-electron chi connectivity index (χ4n) is 3.96. The standard InChI is InChI=1S/C27H46N4O4/c1-25(2,3)20-30-14-16-31(24(33)35-27(7,8)9)15-13-29(19-23(32)34-26(4,5)6)17-21-11-10-12-22(18-30)28-21/h10-12H,13-20H2,1-9H3. The molecule has 1 aromatic rings. The van der Waals surface area contributed by atoms with Crippen LogP contribution in [0.3, 0.4) is 0 Å². The highest BCUT2D eigenvalue weighted by atomic mass is 16.6. The molecule has 1 aliphatic heterocycles. The van der Waals surface area contributed by atoms with Gasteiger partial charge in [0.15, 0.2) is 0 Å². The molecule has 0 atom stereocenters. The summed E-state index contributed by atoms with van der Waals surface area (Å²) in [6.07, 6.45) is -0.334. The lowest BCUT2D eigenvalue weighted by molar-refractivity contribution is -0.156. The normalized spacial score (nSPS) is 17.3. The van der Waals surface area contributed by atoms with Crippen LogP contribution in [0.2, 0.25) is 0 Å². The summed E-state index contributed by atoms with van der Waals surface area (Å²) in [7, 11) is 0. The topological polar surface area (TPSA) is 75.2 Å². The summed E-state index contributed by atoms with van der Waals surface area (Å²) in [4.78, 5) is 36.7. The van der Waals surface area contributed by atoms with E-state index in [4.69, 9.17) is 14.5 Å². The molecule has 0 aromatic carbocycles. The minimum Gasteiger partial charge on any atom is -0.459 e. The Kier molecular flexibility index (Phi) is 9.71. The lowest BCUT2D eigenvalue weighted by Crippen LogP contribution is -2.46. The van der Waals surface area contributed by atoms with E-state index in [1.807, 2.05) is 64.6 Å². The molecule has 2 rings (SSSR count). The fraction of sp³-hybridized carbons (Fsp3) is 0.741. The van der Waals surface area contributed by atoms with Crippen molar-refractivity contribution in [1.82, 2.24) is 19.7 Å². The quantitative estimate of drug-likeness (QED) is 0.584. The smallest absolute Gasteiger partial charge is 0.410 e. The zero-order chi connectivity index (χ0) is 26.4. The molecule has 0 saturated carbocycles. The van der Waals surface area contributed by atoms with Gasteiger partial charge in [0.1, 0.15) is 11.2 Å². The van der Waals surface area contributed by atoms with Crippen molar-refractivity contribution in [2.75, 3.05) is 39.3 Å². The van der Waals surface area contributed by atoms with Gasteiger partial charge in [-0.1, -0.05) is 26.8 Å². The van der Waals surface area contributed by atoms with Gasteiger partial charge in [-0.3, -0.25) is 19.6 Å². The third kappa shape index (κ3) is 11.9. The van der Waals surface area contributed by atoms with E-state index in [1.165, 1.54) is 0 Å². The lowest BCUT2D eigenvalue weighted by Gasteiger charge is -2.34. The van der Waals surface area contributed by atoms with Crippen LogP contribution in [0.4, 0.5) is 4.79 Å². The molecule has 1 amide bonds. The van der Waals surface area contributed by atoms with Crippen molar-refractivity contribution in [2.45, 2.75) is 86.6 Å². The Morgan fingerprint density at radius 2 is 1.31 bits per heavy atom. The molecule has 8 nitrogen and oxygen atoms in total. The molecule has 8 heteroatoms. The van der Waals surface area contributed by atoms with Gasteiger partial charge in [0, 0.05) is 45.8 Å². The summed E-state index contributed by atoms with van der Waals surface area (Å²) >= 11 is 0. The van der Waals surface area contributed by atoms with Crippen molar-refractivity contribution in [3.8, 4) is 0 Å². The molecule has 0 spiro atoms. The summed E-state index contributed by atoms with van der Waals surface area (Å²) in [5, 5.41) is 0. The first-order chi connectivity index (χ1) is 16.0. The second-order valence-electron chi connectivity index (χ2n) is 12.7. The predicted molar refractivity (Wildman–Crippen MR) is 138 cm³/mol. The van der Waals surface area contributed by atoms with Crippen molar-refractivity contribution in [3.63, 3.8) is 0 Å². The highest BCUT2D eigenvalue weighted by molar-refractivity contribution is 5.72. The van der Waals surface area contributed by atoms with Crippen molar-refractivity contribution < 1.29 is 19.1 Å². The van der Waals surface area contributed by atoms with Crippen LogP contribution in [0.1, 0.15) is 73.7 Å². The van der Waals surface area contributed by atoms with Gasteiger partial charge in [-0.2, -0.15) is 0 Å². The van der Waals surface area contributed by atoms with Crippen LogP contribution in [0.25, 0.3) is 0 Å². The SMILES string of the molecule is CC(C)(C)CN1CCN(C(=O)OC(C)(C)C)CCN(CC(=O)OC(C)(C)C)Cc2cccc(n2)C1. The lowest BCUT2D eigenvalue weighted by atomic mass is 9.96. The summed E-state index contributed by atoms with van der Waals surface area (Å²) in [6.45, 7) is 22.2. The molecule has 0 unspecified atom stereocenters. The van der Waals surface area contributed by atoms with E-state index in [2.05, 4.69) is 25.7 Å². The van der Waals surface area contributed by atoms with E-state index >= 15 is 0 Å². The highest BCUT2D eigenvalue weighted by Gasteiger charge is 2.26. The average molecular weight is 491 g/mol. The summed E-state index contributed by atoms with van der Waals surface area (Å²) in [5.41, 5.74) is 0.847. The van der Waals surface area contributed by atoms with Crippen LogP contribution >= 0.6 is 0 Å². The third-order valence-corrected chi connectivity index (χ3v) is 5.13. The maximum Gasteiger partial charge on any atom is 0.410 e. The molecule has 0 fully saturated rings. The van der Waals surface area contributed by atoms with Crippen molar-refractivity contribution in [1.29, 1.82) is 0 Å². The fourth-order valence-corrected chi connectivity index (χ4v) is 3.96. The summed E-state index contributed by atoms with van der Waals surface area (Å²) in [6, 6.07) is 6.04. The van der Waals surface area contributed by atoms with Crippen molar-refractivity contribution in [3.05, 3.63) is 29.6 Å². The second kappa shape index (κ2) is 11.7. The molecule has 1 aliphatic rings. The number of fused-ring (bicyclic) bond motifs is 2. The number of aromatic nitrogens is 1. The second-order valence-corrected chi connectivity index (χ2v) is 12.7. The number of carbonyl (C=O) groups is 2. The first-order valence-electron chi connectivity index (χ1n) is 12.6. The molecule has 0 radical (unpaired) electrons. The Morgan fingerprint density at radius 3 is 1.83 bits per heavy atom. The van der Waals surface area contributed by atoms with Gasteiger partial charge >= 0.3 is 12.1 Å². The van der Waals surface area contributed by atoms with E-state index < -0.39 is 11.2 Å². The molecule has 2 bridgehead atoms. The predicted octanol–water partition coefficient (Wildman–Crippen LogP) is 4.32. The Morgan fingerprint density at radius 1 is 0.800 bits per heavy atom. The van der Waals surface area contributed by atoms with Crippen LogP contribution in [0.15, 0.2) is 18.2 Å². The average Bonchev–Trinajstić information content (AvgIpc) is 2.62. The molecule has 0 N–H and O–H groups in total. The Balaban J connectivity index is 2.31. The van der Waals surface area contributed by atoms with Crippen LogP contribution in [-0.4, -0.2) is 82.2 Å². The number of ether oxygens (including phenoxy) is 2. The number of hydrogen-bond donors (Lipinski definition) is 0. The van der Waals surface area contributed by atoms with E-state index in [0.717, 1.165) is 17.9 Å². The molecule has 2 heterocycles. The van der Waals surface area contributed by atoms with Crippen LogP contribution in [-0.2, 0) is 27.4 Å². The zero-order valence-corrected chi connectivity index (χ0v) is 23.3. The van der Waals surface area contributed by atoms with E-state index in [-0.39, 0.29) is 24.0 Å². The maximum atomic E-state index is 13.1. The summed E-state index contributed by atoms with van der Waals surface area (Å²) in [5.74, 6) is -0.291. The molecule has 0 saturated heterocycles. The minimum atomic E-state index is -0.580. The Labute approximate surface area is 212 Å². The van der Waals surface area contributed by atoms with Gasteiger partial charge in [-0.25, -0.2) is 4.79 Å². The monoisotopic (exact) mass is 490 g/mol. The molecule has 198 valence electrons. The molecule has 1 aromatic heterocycles. The van der Waals surface area contributed by atoms with E-state index in [9.17, 15) is 9.59 Å². The number of nitrogens with zero attached hydrogens (tertiary/aromatic N) is 4. The number of amides is 1. The van der Waals surface area contributed by atoms with Crippen LogP contribution in [0.5, 0.6) is 0 Å². The largest absolute Gasteiger partial charge is 0.459 e. The van der Waals surface area contributed by atoms with Crippen LogP contribution < -0.4 is 0 Å². The van der Waals surface area contributed by atoms with E-state index in [0.29, 0.717) is 39.3 Å².